The number of ketones is 1. The Kier molecular flexibility index (Phi) is 4.11. The lowest BCUT2D eigenvalue weighted by Crippen LogP contribution is -2.11. The Morgan fingerprint density at radius 1 is 1.33 bits per heavy atom. The molecule has 2 aromatic carbocycles. The molecule has 0 saturated heterocycles. The predicted molar refractivity (Wildman–Crippen MR) is 102 cm³/mol. The van der Waals surface area contributed by atoms with Gasteiger partial charge in [0.15, 0.2) is 11.7 Å². The van der Waals surface area contributed by atoms with E-state index in [1.807, 2.05) is 18.2 Å². The number of H-pyrrole nitrogens is 1. The number of nitro benzene ring substituents is 1. The Labute approximate surface area is 161 Å². The van der Waals surface area contributed by atoms with Crippen LogP contribution >= 0.6 is 22.9 Å². The number of rotatable bonds is 4. The van der Waals surface area contributed by atoms with Crippen molar-refractivity contribution >= 4 is 55.5 Å². The first-order valence-electron chi connectivity index (χ1n) is 7.74. The maximum absolute atomic E-state index is 13.0. The Balaban J connectivity index is 1.79. The first-order valence-corrected chi connectivity index (χ1v) is 8.94. The largest absolute Gasteiger partial charge is 0.340 e. The maximum Gasteiger partial charge on any atom is 0.270 e. The maximum atomic E-state index is 13.0. The number of thiophene rings is 1. The molecule has 7 nitrogen and oxygen atoms in total. The number of non-ortho nitro benzene ring substituents is 1. The van der Waals surface area contributed by atoms with Gasteiger partial charge in [0.2, 0.25) is 0 Å². The molecule has 0 aliphatic heterocycles. The van der Waals surface area contributed by atoms with Crippen LogP contribution in [0.2, 0.25) is 5.02 Å². The number of aromatic nitrogens is 2. The van der Waals surface area contributed by atoms with Gasteiger partial charge in [-0.1, -0.05) is 23.7 Å². The van der Waals surface area contributed by atoms with Gasteiger partial charge in [-0.25, -0.2) is 4.98 Å². The number of hydrogen-bond acceptors (Lipinski definition) is 6. The molecule has 9 heteroatoms. The molecule has 1 atom stereocenters. The number of carbonyl (C=O) groups is 1. The van der Waals surface area contributed by atoms with Crippen LogP contribution in [0, 0.1) is 21.4 Å². The number of halogens is 1. The van der Waals surface area contributed by atoms with Crippen molar-refractivity contribution in [2.45, 2.75) is 5.92 Å². The van der Waals surface area contributed by atoms with Crippen molar-refractivity contribution in [1.29, 1.82) is 5.26 Å². The van der Waals surface area contributed by atoms with E-state index in [0.717, 1.165) is 16.9 Å². The zero-order chi connectivity index (χ0) is 19.1. The zero-order valence-electron chi connectivity index (χ0n) is 13.5. The van der Waals surface area contributed by atoms with Crippen LogP contribution in [-0.4, -0.2) is 20.7 Å². The van der Waals surface area contributed by atoms with Gasteiger partial charge in [-0.2, -0.15) is 5.26 Å². The Morgan fingerprint density at radius 3 is 2.81 bits per heavy atom. The highest BCUT2D eigenvalue weighted by Gasteiger charge is 2.29. The first-order chi connectivity index (χ1) is 13.0. The summed E-state index contributed by atoms with van der Waals surface area (Å²) in [5.74, 6) is -1.41. The second-order valence-electron chi connectivity index (χ2n) is 5.75. The molecule has 4 rings (SSSR count). The molecule has 0 amide bonds. The van der Waals surface area contributed by atoms with Crippen LogP contribution < -0.4 is 0 Å². The zero-order valence-corrected chi connectivity index (χ0v) is 15.0. The molecule has 0 bridgehead atoms. The molecule has 0 aliphatic rings. The third kappa shape index (κ3) is 2.83. The number of carbonyl (C=O) groups excluding carboxylic acids is 1. The lowest BCUT2D eigenvalue weighted by molar-refractivity contribution is -0.384. The second-order valence-corrected chi connectivity index (χ2v) is 7.18. The van der Waals surface area contributed by atoms with E-state index in [4.69, 9.17) is 11.6 Å². The molecule has 0 aliphatic carbocycles. The van der Waals surface area contributed by atoms with Crippen LogP contribution in [0.4, 0.5) is 5.69 Å². The number of nitrogens with zero attached hydrogens (tertiary/aromatic N) is 3. The number of benzene rings is 2. The standard InChI is InChI=1S/C18H9ClN4O3S/c19-15-10-6-5-9(23(25)26)7-14(10)27-17(15)16(24)11(8-20)18-21-12-3-1-2-4-13(12)22-18/h1-7,11H,(H,21,22)/t11-/m1/s1. The van der Waals surface area contributed by atoms with E-state index in [1.165, 1.54) is 18.2 Å². The van der Waals surface area contributed by atoms with Gasteiger partial charge in [-0.15, -0.1) is 11.3 Å². The number of nitro groups is 1. The number of hydrogen-bond donors (Lipinski definition) is 1. The predicted octanol–water partition coefficient (Wildman–Crippen LogP) is 4.83. The average molecular weight is 397 g/mol. The Hall–Kier alpha value is -3.28. The number of nitriles is 1. The minimum atomic E-state index is -1.15. The van der Waals surface area contributed by atoms with Crippen molar-refractivity contribution in [3.63, 3.8) is 0 Å². The molecule has 0 spiro atoms. The normalized spacial score (nSPS) is 12.1. The van der Waals surface area contributed by atoms with Crippen molar-refractivity contribution in [2.24, 2.45) is 0 Å². The Morgan fingerprint density at radius 2 is 2.11 bits per heavy atom. The van der Waals surface area contributed by atoms with Gasteiger partial charge in [0.25, 0.3) is 5.69 Å². The fourth-order valence-electron chi connectivity index (χ4n) is 2.81. The van der Waals surface area contributed by atoms with Gasteiger partial charge < -0.3 is 4.98 Å². The minimum absolute atomic E-state index is 0.0893. The highest BCUT2D eigenvalue weighted by atomic mass is 35.5. The van der Waals surface area contributed by atoms with Crippen LogP contribution in [0.5, 0.6) is 0 Å². The SMILES string of the molecule is N#C[C@H](C(=O)c1sc2cc([N+](=O)[O-])ccc2c1Cl)c1nc2ccccc2[nH]1. The van der Waals surface area contributed by atoms with E-state index < -0.39 is 16.6 Å². The number of fused-ring (bicyclic) bond motifs is 2. The molecular weight excluding hydrogens is 388 g/mol. The average Bonchev–Trinajstić information content (AvgIpc) is 3.23. The molecule has 1 N–H and O–H groups in total. The van der Waals surface area contributed by atoms with E-state index in [1.54, 1.807) is 12.1 Å². The van der Waals surface area contributed by atoms with Crippen LogP contribution in [0.3, 0.4) is 0 Å². The van der Waals surface area contributed by atoms with Crippen LogP contribution in [0.15, 0.2) is 42.5 Å². The van der Waals surface area contributed by atoms with Crippen molar-refractivity contribution in [3.8, 4) is 6.07 Å². The summed E-state index contributed by atoms with van der Waals surface area (Å²) in [5.41, 5.74) is 1.28. The second kappa shape index (κ2) is 6.46. The van der Waals surface area contributed by atoms with E-state index in [9.17, 15) is 20.2 Å². The summed E-state index contributed by atoms with van der Waals surface area (Å²) in [5, 5.41) is 21.2. The number of imidazole rings is 1. The molecule has 2 heterocycles. The number of nitrogens with one attached hydrogen (secondary N) is 1. The summed E-state index contributed by atoms with van der Waals surface area (Å²) in [6.45, 7) is 0. The highest BCUT2D eigenvalue weighted by molar-refractivity contribution is 7.21. The smallest absolute Gasteiger partial charge is 0.270 e. The molecule has 4 aromatic rings. The van der Waals surface area contributed by atoms with E-state index in [0.29, 0.717) is 15.6 Å². The van der Waals surface area contributed by atoms with Crippen molar-refractivity contribution < 1.29 is 9.72 Å². The van der Waals surface area contributed by atoms with Gasteiger partial charge >= 0.3 is 0 Å². The Bertz CT molecular complexity index is 1240. The fraction of sp³-hybridized carbons (Fsp3) is 0.0556. The van der Waals surface area contributed by atoms with Crippen molar-refractivity contribution in [1.82, 2.24) is 9.97 Å². The van der Waals surface area contributed by atoms with Crippen molar-refractivity contribution in [3.05, 3.63) is 68.3 Å². The molecule has 0 saturated carbocycles. The first kappa shape index (κ1) is 17.1. The van der Waals surface area contributed by atoms with Gasteiger partial charge in [0.05, 0.1) is 31.9 Å². The van der Waals surface area contributed by atoms with Gasteiger partial charge in [0.1, 0.15) is 5.82 Å². The van der Waals surface area contributed by atoms with E-state index in [2.05, 4.69) is 9.97 Å². The molecule has 0 radical (unpaired) electrons. The van der Waals surface area contributed by atoms with Crippen LogP contribution in [0.25, 0.3) is 21.1 Å². The number of aromatic amines is 1. The van der Waals surface area contributed by atoms with Gasteiger partial charge in [0, 0.05) is 22.2 Å². The third-order valence-electron chi connectivity index (χ3n) is 4.12. The van der Waals surface area contributed by atoms with Crippen LogP contribution in [0.1, 0.15) is 21.4 Å². The lowest BCUT2D eigenvalue weighted by atomic mass is 10.0. The van der Waals surface area contributed by atoms with Crippen LogP contribution in [-0.2, 0) is 0 Å². The minimum Gasteiger partial charge on any atom is -0.340 e. The summed E-state index contributed by atoms with van der Waals surface area (Å²) in [7, 11) is 0. The quantitative estimate of drug-likeness (QED) is 0.301. The van der Waals surface area contributed by atoms with Crippen molar-refractivity contribution in [2.75, 3.05) is 0 Å². The summed E-state index contributed by atoms with van der Waals surface area (Å²) < 4.78 is 0.513. The summed E-state index contributed by atoms with van der Waals surface area (Å²) >= 11 is 7.36. The van der Waals surface area contributed by atoms with E-state index >= 15 is 0 Å². The topological polar surface area (TPSA) is 113 Å². The molecule has 2 aromatic heterocycles. The van der Waals surface area contributed by atoms with Gasteiger partial charge in [-0.05, 0) is 18.2 Å². The summed E-state index contributed by atoms with van der Waals surface area (Å²) in [6.07, 6.45) is 0. The molecular formula is C18H9ClN4O3S. The molecule has 0 unspecified atom stereocenters. The van der Waals surface area contributed by atoms with Gasteiger partial charge in [-0.3, -0.25) is 14.9 Å². The highest BCUT2D eigenvalue weighted by Crippen LogP contribution is 2.39. The third-order valence-corrected chi connectivity index (χ3v) is 5.79. The molecule has 0 fully saturated rings. The fourth-order valence-corrected chi connectivity index (χ4v) is 4.34. The summed E-state index contributed by atoms with van der Waals surface area (Å²) in [4.78, 5) is 30.9. The molecule has 27 heavy (non-hydrogen) atoms. The molecule has 132 valence electrons. The lowest BCUT2D eigenvalue weighted by Gasteiger charge is -2.03. The van der Waals surface area contributed by atoms with E-state index in [-0.39, 0.29) is 21.4 Å². The monoisotopic (exact) mass is 396 g/mol. The number of Topliss-reactive ketones (excluding diaryl/α,β-unsaturated/α-hetero) is 1. The number of para-hydroxylation sites is 2. The summed E-state index contributed by atoms with van der Waals surface area (Å²) in [6, 6.07) is 13.4.